The molecule has 1 saturated heterocycles. The van der Waals surface area contributed by atoms with Gasteiger partial charge in [-0.25, -0.2) is 0 Å². The topological polar surface area (TPSA) is 68.8 Å². The van der Waals surface area contributed by atoms with Gasteiger partial charge in [0.25, 0.3) is 0 Å². The highest BCUT2D eigenvalue weighted by Crippen LogP contribution is 2.15. The van der Waals surface area contributed by atoms with Crippen molar-refractivity contribution >= 4 is 35.8 Å². The van der Waals surface area contributed by atoms with E-state index >= 15 is 0 Å². The lowest BCUT2D eigenvalue weighted by molar-refractivity contribution is -0.121. The van der Waals surface area contributed by atoms with Gasteiger partial charge >= 0.3 is 0 Å². The number of amides is 1. The number of carbonyl (C=O) groups excluding carboxylic acids is 1. The molecule has 1 fully saturated rings. The molecule has 7 heteroatoms. The summed E-state index contributed by atoms with van der Waals surface area (Å²) in [5.74, 6) is 0.656. The molecule has 1 amide bonds. The third kappa shape index (κ3) is 8.17. The van der Waals surface area contributed by atoms with Crippen molar-refractivity contribution < 1.29 is 4.79 Å². The Morgan fingerprint density at radius 1 is 1.32 bits per heavy atom. The maximum atomic E-state index is 11.8. The minimum atomic E-state index is -0.207. The van der Waals surface area contributed by atoms with Gasteiger partial charge in [0, 0.05) is 25.2 Å². The molecule has 1 aliphatic rings. The SMILES string of the molecule is CCN1CCCC1CNC(=NC)NCC(=O)NC(C)(C)C.I. The Morgan fingerprint density at radius 2 is 2.00 bits per heavy atom. The fraction of sp³-hybridized carbons (Fsp3) is 0.867. The smallest absolute Gasteiger partial charge is 0.239 e. The molecule has 1 aliphatic heterocycles. The van der Waals surface area contributed by atoms with E-state index in [1.807, 2.05) is 20.8 Å². The second-order valence-corrected chi connectivity index (χ2v) is 6.53. The molecule has 1 atom stereocenters. The van der Waals surface area contributed by atoms with Crippen LogP contribution < -0.4 is 16.0 Å². The summed E-state index contributed by atoms with van der Waals surface area (Å²) in [7, 11) is 1.73. The maximum Gasteiger partial charge on any atom is 0.239 e. The fourth-order valence-corrected chi connectivity index (χ4v) is 2.60. The third-order valence-corrected chi connectivity index (χ3v) is 3.56. The highest BCUT2D eigenvalue weighted by atomic mass is 127. The second-order valence-electron chi connectivity index (χ2n) is 6.53. The van der Waals surface area contributed by atoms with Gasteiger partial charge in [0.1, 0.15) is 0 Å². The van der Waals surface area contributed by atoms with Crippen LogP contribution in [0.4, 0.5) is 0 Å². The van der Waals surface area contributed by atoms with Crippen molar-refractivity contribution in [1.29, 1.82) is 0 Å². The number of likely N-dealkylation sites (tertiary alicyclic amines) is 1. The van der Waals surface area contributed by atoms with Crippen molar-refractivity contribution in [2.24, 2.45) is 4.99 Å². The average Bonchev–Trinajstić information content (AvgIpc) is 2.84. The first-order valence-corrected chi connectivity index (χ1v) is 7.85. The predicted octanol–water partition coefficient (Wildman–Crippen LogP) is 1.17. The number of rotatable bonds is 5. The summed E-state index contributed by atoms with van der Waals surface area (Å²) in [6.07, 6.45) is 2.49. The zero-order chi connectivity index (χ0) is 15.9. The lowest BCUT2D eigenvalue weighted by Gasteiger charge is -2.24. The highest BCUT2D eigenvalue weighted by molar-refractivity contribution is 14.0. The van der Waals surface area contributed by atoms with Crippen LogP contribution in [0, 0.1) is 0 Å². The minimum Gasteiger partial charge on any atom is -0.355 e. The molecule has 0 saturated carbocycles. The summed E-state index contributed by atoms with van der Waals surface area (Å²) in [6.45, 7) is 11.5. The molecule has 22 heavy (non-hydrogen) atoms. The van der Waals surface area contributed by atoms with Crippen LogP contribution in [-0.4, -0.2) is 61.6 Å². The number of hydrogen-bond donors (Lipinski definition) is 3. The van der Waals surface area contributed by atoms with Crippen LogP contribution in [-0.2, 0) is 4.79 Å². The number of halogens is 1. The van der Waals surface area contributed by atoms with Crippen LogP contribution in [0.25, 0.3) is 0 Å². The minimum absolute atomic E-state index is 0. The van der Waals surface area contributed by atoms with Crippen LogP contribution in [0.15, 0.2) is 4.99 Å². The molecule has 0 aliphatic carbocycles. The van der Waals surface area contributed by atoms with E-state index in [1.165, 1.54) is 19.4 Å². The molecule has 0 spiro atoms. The normalized spacial score (nSPS) is 19.5. The van der Waals surface area contributed by atoms with E-state index in [0.29, 0.717) is 12.0 Å². The summed E-state index contributed by atoms with van der Waals surface area (Å²) in [5.41, 5.74) is -0.207. The van der Waals surface area contributed by atoms with Crippen molar-refractivity contribution in [3.63, 3.8) is 0 Å². The van der Waals surface area contributed by atoms with Crippen molar-refractivity contribution in [1.82, 2.24) is 20.9 Å². The van der Waals surface area contributed by atoms with Crippen molar-refractivity contribution in [3.8, 4) is 0 Å². The van der Waals surface area contributed by atoms with Crippen molar-refractivity contribution in [3.05, 3.63) is 0 Å². The first-order valence-electron chi connectivity index (χ1n) is 7.85. The Morgan fingerprint density at radius 3 is 2.55 bits per heavy atom. The maximum absolute atomic E-state index is 11.8. The fourth-order valence-electron chi connectivity index (χ4n) is 2.60. The summed E-state index contributed by atoms with van der Waals surface area (Å²) >= 11 is 0. The zero-order valence-corrected chi connectivity index (χ0v) is 16.9. The van der Waals surface area contributed by atoms with E-state index in [9.17, 15) is 4.79 Å². The van der Waals surface area contributed by atoms with E-state index in [0.717, 1.165) is 13.1 Å². The lowest BCUT2D eigenvalue weighted by atomic mass is 10.1. The molecule has 1 rings (SSSR count). The summed E-state index contributed by atoms with van der Waals surface area (Å²) in [4.78, 5) is 18.4. The monoisotopic (exact) mass is 425 g/mol. The molecule has 0 aromatic heterocycles. The summed E-state index contributed by atoms with van der Waals surface area (Å²) < 4.78 is 0. The van der Waals surface area contributed by atoms with E-state index < -0.39 is 0 Å². The number of guanidine groups is 1. The van der Waals surface area contributed by atoms with Crippen LogP contribution >= 0.6 is 24.0 Å². The van der Waals surface area contributed by atoms with E-state index in [-0.39, 0.29) is 42.0 Å². The van der Waals surface area contributed by atoms with Gasteiger partial charge in [0.2, 0.25) is 5.91 Å². The van der Waals surface area contributed by atoms with Gasteiger partial charge < -0.3 is 16.0 Å². The van der Waals surface area contributed by atoms with E-state index in [1.54, 1.807) is 7.05 Å². The summed E-state index contributed by atoms with van der Waals surface area (Å²) in [6, 6.07) is 0.567. The van der Waals surface area contributed by atoms with Gasteiger partial charge in [-0.05, 0) is 46.7 Å². The van der Waals surface area contributed by atoms with Crippen LogP contribution in [0.3, 0.4) is 0 Å². The molecule has 1 heterocycles. The van der Waals surface area contributed by atoms with Crippen LogP contribution in [0.5, 0.6) is 0 Å². The molecule has 130 valence electrons. The van der Waals surface area contributed by atoms with Crippen molar-refractivity contribution in [2.75, 3.05) is 33.2 Å². The quantitative estimate of drug-likeness (QED) is 0.352. The highest BCUT2D eigenvalue weighted by Gasteiger charge is 2.22. The largest absolute Gasteiger partial charge is 0.355 e. The average molecular weight is 425 g/mol. The number of hydrogen-bond acceptors (Lipinski definition) is 3. The number of nitrogens with zero attached hydrogens (tertiary/aromatic N) is 2. The molecular weight excluding hydrogens is 393 g/mol. The first kappa shape index (κ1) is 21.4. The van der Waals surface area contributed by atoms with Gasteiger partial charge in [0.05, 0.1) is 6.54 Å². The molecule has 1 unspecified atom stereocenters. The molecule has 0 aromatic rings. The van der Waals surface area contributed by atoms with E-state index in [4.69, 9.17) is 0 Å². The third-order valence-electron chi connectivity index (χ3n) is 3.56. The molecular formula is C15H32IN5O. The standard InChI is InChI=1S/C15H31N5O.HI/c1-6-20-9-7-8-12(20)10-17-14(16-5)18-11-13(21)19-15(2,3)4;/h12H,6-11H2,1-5H3,(H,19,21)(H2,16,17,18);1H. The molecule has 0 aromatic carbocycles. The predicted molar refractivity (Wildman–Crippen MR) is 103 cm³/mol. The number of carbonyl (C=O) groups is 1. The van der Waals surface area contributed by atoms with Crippen LogP contribution in [0.1, 0.15) is 40.5 Å². The molecule has 3 N–H and O–H groups in total. The first-order chi connectivity index (χ1) is 9.85. The van der Waals surface area contributed by atoms with E-state index in [2.05, 4.69) is 32.8 Å². The Bertz CT molecular complexity index is 367. The van der Waals surface area contributed by atoms with Gasteiger partial charge in [0.15, 0.2) is 5.96 Å². The Labute approximate surface area is 151 Å². The number of aliphatic imine (C=N–C) groups is 1. The van der Waals surface area contributed by atoms with Crippen LogP contribution in [0.2, 0.25) is 0 Å². The lowest BCUT2D eigenvalue weighted by Crippen LogP contribution is -2.49. The molecule has 0 radical (unpaired) electrons. The molecule has 0 bridgehead atoms. The number of likely N-dealkylation sites (N-methyl/N-ethyl adjacent to an activating group) is 1. The van der Waals surface area contributed by atoms with Gasteiger partial charge in [-0.1, -0.05) is 6.92 Å². The Hall–Kier alpha value is -0.570. The Kier molecular flexibility index (Phi) is 9.99. The van der Waals surface area contributed by atoms with Gasteiger partial charge in [-0.3, -0.25) is 14.7 Å². The summed E-state index contributed by atoms with van der Waals surface area (Å²) in [5, 5.41) is 9.29. The molecule has 6 nitrogen and oxygen atoms in total. The Balaban J connectivity index is 0.00000441. The van der Waals surface area contributed by atoms with Gasteiger partial charge in [-0.2, -0.15) is 0 Å². The van der Waals surface area contributed by atoms with Gasteiger partial charge in [-0.15, -0.1) is 24.0 Å². The van der Waals surface area contributed by atoms with Crippen molar-refractivity contribution in [2.45, 2.75) is 52.1 Å². The second kappa shape index (κ2) is 10.3. The zero-order valence-electron chi connectivity index (χ0n) is 14.5. The number of nitrogens with one attached hydrogen (secondary N) is 3.